The van der Waals surface area contributed by atoms with Crippen LogP contribution in [0.15, 0.2) is 18.2 Å². The molecule has 0 bridgehead atoms. The van der Waals surface area contributed by atoms with Crippen LogP contribution in [0.3, 0.4) is 0 Å². The zero-order chi connectivity index (χ0) is 20.9. The van der Waals surface area contributed by atoms with Gasteiger partial charge in [-0.2, -0.15) is 0 Å². The third-order valence-electron chi connectivity index (χ3n) is 3.68. The first-order chi connectivity index (χ1) is 12.3. The SMILES string of the molecule is CC(C)[C@H](NC(=O)C(N)CC(=O)c1ccc(Cl)cc1N)C(=O)OC(C)(C)C. The molecule has 2 atom stereocenters. The van der Waals surface area contributed by atoms with Gasteiger partial charge in [-0.25, -0.2) is 4.79 Å². The molecule has 0 saturated carbocycles. The second-order valence-electron chi connectivity index (χ2n) is 7.73. The smallest absolute Gasteiger partial charge is 0.329 e. The number of hydrogen-bond acceptors (Lipinski definition) is 6. The number of hydrogen-bond donors (Lipinski definition) is 3. The maximum absolute atomic E-state index is 12.4. The minimum absolute atomic E-state index is 0.210. The average Bonchev–Trinajstić information content (AvgIpc) is 2.49. The molecule has 5 N–H and O–H groups in total. The van der Waals surface area contributed by atoms with Gasteiger partial charge in [0.25, 0.3) is 0 Å². The molecule has 1 rings (SSSR count). The third-order valence-corrected chi connectivity index (χ3v) is 3.92. The molecule has 0 aliphatic heterocycles. The number of benzene rings is 1. The topological polar surface area (TPSA) is 125 Å². The molecule has 8 heteroatoms. The third kappa shape index (κ3) is 7.19. The Morgan fingerprint density at radius 1 is 1.22 bits per heavy atom. The van der Waals surface area contributed by atoms with E-state index in [0.29, 0.717) is 5.02 Å². The van der Waals surface area contributed by atoms with E-state index < -0.39 is 29.6 Å². The van der Waals surface area contributed by atoms with Gasteiger partial charge in [-0.05, 0) is 44.9 Å². The van der Waals surface area contributed by atoms with Crippen LogP contribution in [0.5, 0.6) is 0 Å². The second kappa shape index (κ2) is 9.19. The normalized spacial score (nSPS) is 13.8. The lowest BCUT2D eigenvalue weighted by molar-refractivity contribution is -0.160. The quantitative estimate of drug-likeness (QED) is 0.368. The van der Waals surface area contributed by atoms with Crippen LogP contribution in [-0.2, 0) is 14.3 Å². The molecule has 1 unspecified atom stereocenters. The minimum atomic E-state index is -1.13. The molecule has 0 heterocycles. The van der Waals surface area contributed by atoms with Crippen LogP contribution in [-0.4, -0.2) is 35.3 Å². The number of nitrogens with one attached hydrogen (secondary N) is 1. The zero-order valence-corrected chi connectivity index (χ0v) is 17.1. The summed E-state index contributed by atoms with van der Waals surface area (Å²) >= 11 is 5.82. The summed E-state index contributed by atoms with van der Waals surface area (Å²) in [4.78, 5) is 37.0. The maximum Gasteiger partial charge on any atom is 0.329 e. The zero-order valence-electron chi connectivity index (χ0n) is 16.3. The van der Waals surface area contributed by atoms with Crippen LogP contribution in [0.2, 0.25) is 5.02 Å². The van der Waals surface area contributed by atoms with E-state index in [-0.39, 0.29) is 29.4 Å². The molecular weight excluding hydrogens is 370 g/mol. The van der Waals surface area contributed by atoms with Gasteiger partial charge >= 0.3 is 5.97 Å². The van der Waals surface area contributed by atoms with E-state index in [2.05, 4.69) is 5.32 Å². The van der Waals surface area contributed by atoms with Crippen LogP contribution < -0.4 is 16.8 Å². The fourth-order valence-corrected chi connectivity index (χ4v) is 2.49. The summed E-state index contributed by atoms with van der Waals surface area (Å²) in [5.74, 6) is -1.75. The van der Waals surface area contributed by atoms with Gasteiger partial charge in [-0.15, -0.1) is 0 Å². The molecular formula is C19H28ClN3O4. The van der Waals surface area contributed by atoms with Crippen molar-refractivity contribution in [1.82, 2.24) is 5.32 Å². The van der Waals surface area contributed by atoms with Crippen molar-refractivity contribution in [3.05, 3.63) is 28.8 Å². The summed E-state index contributed by atoms with van der Waals surface area (Å²) in [6, 6.07) is 2.49. The van der Waals surface area contributed by atoms with E-state index in [1.54, 1.807) is 34.6 Å². The minimum Gasteiger partial charge on any atom is -0.458 e. The van der Waals surface area contributed by atoms with Crippen molar-refractivity contribution in [3.63, 3.8) is 0 Å². The Labute approximate surface area is 164 Å². The Morgan fingerprint density at radius 3 is 2.30 bits per heavy atom. The molecule has 150 valence electrons. The Bertz CT molecular complexity index is 713. The van der Waals surface area contributed by atoms with Gasteiger partial charge in [-0.3, -0.25) is 9.59 Å². The molecule has 1 aromatic carbocycles. The van der Waals surface area contributed by atoms with Gasteiger partial charge in [0, 0.05) is 22.7 Å². The summed E-state index contributed by atoms with van der Waals surface area (Å²) in [5.41, 5.74) is 11.4. The van der Waals surface area contributed by atoms with Crippen LogP contribution in [0, 0.1) is 5.92 Å². The Balaban J connectivity index is 2.78. The number of nitrogen functional groups attached to an aromatic ring is 1. The summed E-state index contributed by atoms with van der Waals surface area (Å²) in [7, 11) is 0. The Hall–Kier alpha value is -2.12. The largest absolute Gasteiger partial charge is 0.458 e. The first-order valence-electron chi connectivity index (χ1n) is 8.69. The molecule has 0 saturated heterocycles. The molecule has 0 spiro atoms. The number of carbonyl (C=O) groups excluding carboxylic acids is 3. The van der Waals surface area contributed by atoms with Crippen molar-refractivity contribution in [1.29, 1.82) is 0 Å². The van der Waals surface area contributed by atoms with Gasteiger partial charge in [0.15, 0.2) is 5.78 Å². The number of Topliss-reactive ketones (excluding diaryl/α,β-unsaturated/α-hetero) is 1. The Morgan fingerprint density at radius 2 is 1.81 bits per heavy atom. The van der Waals surface area contributed by atoms with Crippen molar-refractivity contribution >= 4 is 34.9 Å². The molecule has 0 aliphatic rings. The fourth-order valence-electron chi connectivity index (χ4n) is 2.31. The first kappa shape index (κ1) is 22.9. The lowest BCUT2D eigenvalue weighted by Crippen LogP contribution is -2.52. The highest BCUT2D eigenvalue weighted by atomic mass is 35.5. The molecule has 27 heavy (non-hydrogen) atoms. The number of halogens is 1. The van der Waals surface area contributed by atoms with Crippen molar-refractivity contribution < 1.29 is 19.1 Å². The molecule has 0 aromatic heterocycles. The standard InChI is InChI=1S/C19H28ClN3O4/c1-10(2)16(18(26)27-19(3,4)5)23-17(25)14(22)9-15(24)12-7-6-11(20)8-13(12)21/h6-8,10,14,16H,9,21-22H2,1-5H3,(H,23,25)/t14?,16-/m0/s1. The average molecular weight is 398 g/mol. The van der Waals surface area contributed by atoms with Crippen molar-refractivity contribution in [2.24, 2.45) is 11.7 Å². The summed E-state index contributed by atoms with van der Waals surface area (Å²) in [6.45, 7) is 8.78. The summed E-state index contributed by atoms with van der Waals surface area (Å²) < 4.78 is 5.33. The van der Waals surface area contributed by atoms with Crippen LogP contribution >= 0.6 is 11.6 Å². The highest BCUT2D eigenvalue weighted by Gasteiger charge is 2.31. The molecule has 7 nitrogen and oxygen atoms in total. The monoisotopic (exact) mass is 397 g/mol. The van der Waals surface area contributed by atoms with E-state index in [0.717, 1.165) is 0 Å². The predicted molar refractivity (Wildman–Crippen MR) is 105 cm³/mol. The lowest BCUT2D eigenvalue weighted by Gasteiger charge is -2.27. The highest BCUT2D eigenvalue weighted by Crippen LogP contribution is 2.20. The molecule has 0 aliphatic carbocycles. The number of rotatable bonds is 7. The van der Waals surface area contributed by atoms with Gasteiger partial charge in [-0.1, -0.05) is 25.4 Å². The van der Waals surface area contributed by atoms with Gasteiger partial charge in [0.05, 0.1) is 6.04 Å². The fraction of sp³-hybridized carbons (Fsp3) is 0.526. The number of ether oxygens (including phenoxy) is 1. The van der Waals surface area contributed by atoms with Gasteiger partial charge in [0.1, 0.15) is 11.6 Å². The van der Waals surface area contributed by atoms with E-state index in [1.807, 2.05) is 0 Å². The number of ketones is 1. The first-order valence-corrected chi connectivity index (χ1v) is 9.06. The lowest BCUT2D eigenvalue weighted by atomic mass is 10.0. The number of anilines is 1. The maximum atomic E-state index is 12.4. The van der Waals surface area contributed by atoms with Gasteiger partial charge in [0.2, 0.25) is 5.91 Å². The second-order valence-corrected chi connectivity index (χ2v) is 8.17. The summed E-state index contributed by atoms with van der Waals surface area (Å²) in [6.07, 6.45) is -0.253. The Kier molecular flexibility index (Phi) is 7.80. The van der Waals surface area contributed by atoms with E-state index >= 15 is 0 Å². The van der Waals surface area contributed by atoms with E-state index in [4.69, 9.17) is 27.8 Å². The van der Waals surface area contributed by atoms with E-state index in [1.165, 1.54) is 18.2 Å². The van der Waals surface area contributed by atoms with Crippen molar-refractivity contribution in [2.45, 2.75) is 58.7 Å². The van der Waals surface area contributed by atoms with Gasteiger partial charge < -0.3 is 21.5 Å². The number of nitrogens with two attached hydrogens (primary N) is 2. The number of esters is 1. The molecule has 0 radical (unpaired) electrons. The van der Waals surface area contributed by atoms with E-state index in [9.17, 15) is 14.4 Å². The molecule has 1 aromatic rings. The number of amides is 1. The van der Waals surface area contributed by atoms with Crippen molar-refractivity contribution in [2.75, 3.05) is 5.73 Å². The highest BCUT2D eigenvalue weighted by molar-refractivity contribution is 6.31. The number of carbonyl (C=O) groups is 3. The summed E-state index contributed by atoms with van der Waals surface area (Å²) in [5, 5.41) is 2.98. The van der Waals surface area contributed by atoms with Crippen molar-refractivity contribution in [3.8, 4) is 0 Å². The van der Waals surface area contributed by atoms with Crippen LogP contribution in [0.4, 0.5) is 5.69 Å². The molecule has 0 fully saturated rings. The molecule has 1 amide bonds. The van der Waals surface area contributed by atoms with Crippen LogP contribution in [0.25, 0.3) is 0 Å². The van der Waals surface area contributed by atoms with Crippen LogP contribution in [0.1, 0.15) is 51.4 Å². The predicted octanol–water partition coefficient (Wildman–Crippen LogP) is 2.30.